The van der Waals surface area contributed by atoms with E-state index in [4.69, 9.17) is 4.74 Å². The molecule has 0 aliphatic carbocycles. The Morgan fingerprint density at radius 3 is 2.80 bits per heavy atom. The van der Waals surface area contributed by atoms with E-state index in [9.17, 15) is 4.79 Å². The van der Waals surface area contributed by atoms with Gasteiger partial charge in [-0.15, -0.1) is 0 Å². The maximum atomic E-state index is 11.4. The second kappa shape index (κ2) is 3.70. The molecule has 80 valence electrons. The zero-order valence-electron chi connectivity index (χ0n) is 8.99. The molecule has 1 fully saturated rings. The number of hydrogen-bond donors (Lipinski definition) is 0. The van der Waals surface area contributed by atoms with Crippen LogP contribution >= 0.6 is 0 Å². The van der Waals surface area contributed by atoms with Crippen molar-refractivity contribution in [2.75, 3.05) is 6.61 Å². The van der Waals surface area contributed by atoms with Gasteiger partial charge in [-0.2, -0.15) is 0 Å². The minimum atomic E-state index is -0.590. The fourth-order valence-corrected chi connectivity index (χ4v) is 1.98. The highest BCUT2D eigenvalue weighted by atomic mass is 16.5. The van der Waals surface area contributed by atoms with Gasteiger partial charge >= 0.3 is 0 Å². The number of aromatic nitrogens is 2. The van der Waals surface area contributed by atoms with Gasteiger partial charge in [0.2, 0.25) is 0 Å². The predicted octanol–water partition coefficient (Wildman–Crippen LogP) is 1.38. The molecule has 1 atom stereocenters. The zero-order valence-corrected chi connectivity index (χ0v) is 8.99. The van der Waals surface area contributed by atoms with Gasteiger partial charge in [-0.05, 0) is 13.8 Å². The molecule has 0 aromatic carbocycles. The molecule has 4 nitrogen and oxygen atoms in total. The SMILES string of the molecule is Cc1nccnc1C1(C)CC(=O)CCO1. The molecule has 2 heterocycles. The number of ether oxygens (including phenoxy) is 1. The van der Waals surface area contributed by atoms with E-state index in [-0.39, 0.29) is 5.78 Å². The molecule has 1 aromatic heterocycles. The number of nitrogens with zero attached hydrogens (tertiary/aromatic N) is 2. The van der Waals surface area contributed by atoms with Gasteiger partial charge in [0.25, 0.3) is 0 Å². The maximum absolute atomic E-state index is 11.4. The summed E-state index contributed by atoms with van der Waals surface area (Å²) in [6, 6.07) is 0. The van der Waals surface area contributed by atoms with Crippen molar-refractivity contribution in [3.63, 3.8) is 0 Å². The first kappa shape index (κ1) is 10.2. The number of ketones is 1. The molecule has 1 aromatic rings. The lowest BCUT2D eigenvalue weighted by Crippen LogP contribution is -2.36. The van der Waals surface area contributed by atoms with E-state index >= 15 is 0 Å². The summed E-state index contributed by atoms with van der Waals surface area (Å²) in [6.07, 6.45) is 4.18. The Balaban J connectivity index is 2.36. The van der Waals surface area contributed by atoms with Crippen LogP contribution in [0.15, 0.2) is 12.4 Å². The summed E-state index contributed by atoms with van der Waals surface area (Å²) in [5.74, 6) is 0.230. The van der Waals surface area contributed by atoms with Gasteiger partial charge in [-0.25, -0.2) is 0 Å². The van der Waals surface area contributed by atoms with Crippen molar-refractivity contribution in [1.29, 1.82) is 0 Å². The normalized spacial score (nSPS) is 26.7. The highest BCUT2D eigenvalue weighted by Crippen LogP contribution is 2.32. The predicted molar refractivity (Wildman–Crippen MR) is 54.3 cm³/mol. The molecule has 1 aliphatic rings. The van der Waals surface area contributed by atoms with Crippen LogP contribution < -0.4 is 0 Å². The quantitative estimate of drug-likeness (QED) is 0.696. The van der Waals surface area contributed by atoms with Crippen molar-refractivity contribution in [2.24, 2.45) is 0 Å². The van der Waals surface area contributed by atoms with Crippen LogP contribution in [0.2, 0.25) is 0 Å². The van der Waals surface area contributed by atoms with Gasteiger partial charge in [0.15, 0.2) is 0 Å². The summed E-state index contributed by atoms with van der Waals surface area (Å²) in [5, 5.41) is 0. The minimum Gasteiger partial charge on any atom is -0.368 e. The molecule has 0 N–H and O–H groups in total. The summed E-state index contributed by atoms with van der Waals surface area (Å²) in [6.45, 7) is 4.27. The van der Waals surface area contributed by atoms with E-state index in [1.54, 1.807) is 12.4 Å². The van der Waals surface area contributed by atoms with E-state index < -0.39 is 5.60 Å². The van der Waals surface area contributed by atoms with Gasteiger partial charge in [0.05, 0.1) is 18.0 Å². The summed E-state index contributed by atoms with van der Waals surface area (Å²) >= 11 is 0. The number of rotatable bonds is 1. The van der Waals surface area contributed by atoms with Gasteiger partial charge in [0, 0.05) is 25.2 Å². The van der Waals surface area contributed by atoms with Gasteiger partial charge in [-0.1, -0.05) is 0 Å². The van der Waals surface area contributed by atoms with E-state index in [0.29, 0.717) is 19.4 Å². The first-order valence-corrected chi connectivity index (χ1v) is 5.05. The third-order valence-electron chi connectivity index (χ3n) is 2.72. The lowest BCUT2D eigenvalue weighted by molar-refractivity contribution is -0.139. The Morgan fingerprint density at radius 1 is 1.40 bits per heavy atom. The smallest absolute Gasteiger partial charge is 0.138 e. The largest absolute Gasteiger partial charge is 0.368 e. The second-order valence-electron chi connectivity index (χ2n) is 4.04. The summed E-state index contributed by atoms with van der Waals surface area (Å²) < 4.78 is 5.68. The standard InChI is InChI=1S/C11H14N2O2/c1-8-10(13-5-4-12-8)11(2)7-9(14)3-6-15-11/h4-5H,3,6-7H2,1-2H3. The van der Waals surface area contributed by atoms with Crippen molar-refractivity contribution in [2.45, 2.75) is 32.3 Å². The molecule has 0 amide bonds. The first-order chi connectivity index (χ1) is 7.12. The van der Waals surface area contributed by atoms with Crippen LogP contribution in [0, 0.1) is 6.92 Å². The van der Waals surface area contributed by atoms with E-state index in [1.807, 2.05) is 13.8 Å². The van der Waals surface area contributed by atoms with Crippen LogP contribution in [0.3, 0.4) is 0 Å². The fourth-order valence-electron chi connectivity index (χ4n) is 1.98. The van der Waals surface area contributed by atoms with E-state index in [2.05, 4.69) is 9.97 Å². The van der Waals surface area contributed by atoms with E-state index in [1.165, 1.54) is 0 Å². The Labute approximate surface area is 88.7 Å². The lowest BCUT2D eigenvalue weighted by atomic mass is 9.90. The van der Waals surface area contributed by atoms with Crippen molar-refractivity contribution in [3.8, 4) is 0 Å². The van der Waals surface area contributed by atoms with Crippen LogP contribution in [0.5, 0.6) is 0 Å². The Bertz CT molecular complexity index is 392. The zero-order chi connectivity index (χ0) is 10.9. The lowest BCUT2D eigenvalue weighted by Gasteiger charge is -2.32. The van der Waals surface area contributed by atoms with Crippen molar-refractivity contribution in [3.05, 3.63) is 23.8 Å². The Kier molecular flexibility index (Phi) is 2.52. The first-order valence-electron chi connectivity index (χ1n) is 5.05. The summed E-state index contributed by atoms with van der Waals surface area (Å²) in [5.41, 5.74) is 1.01. The highest BCUT2D eigenvalue weighted by Gasteiger charge is 2.36. The van der Waals surface area contributed by atoms with Gasteiger partial charge in [0.1, 0.15) is 11.4 Å². The third kappa shape index (κ3) is 1.90. The number of carbonyl (C=O) groups is 1. The fraction of sp³-hybridized carbons (Fsp3) is 0.545. The topological polar surface area (TPSA) is 52.1 Å². The van der Waals surface area contributed by atoms with Crippen LogP contribution in [0.1, 0.15) is 31.2 Å². The molecule has 1 unspecified atom stereocenters. The average Bonchev–Trinajstić information content (AvgIpc) is 2.17. The molecule has 1 aliphatic heterocycles. The van der Waals surface area contributed by atoms with Crippen LogP contribution in [0.4, 0.5) is 0 Å². The molecule has 15 heavy (non-hydrogen) atoms. The second-order valence-corrected chi connectivity index (χ2v) is 4.04. The molecular formula is C11H14N2O2. The Morgan fingerprint density at radius 2 is 2.13 bits per heavy atom. The molecule has 2 rings (SSSR count). The van der Waals surface area contributed by atoms with Gasteiger partial charge in [-0.3, -0.25) is 14.8 Å². The number of hydrogen-bond acceptors (Lipinski definition) is 4. The molecule has 0 bridgehead atoms. The van der Waals surface area contributed by atoms with Gasteiger partial charge < -0.3 is 4.74 Å². The summed E-state index contributed by atoms with van der Waals surface area (Å²) in [4.78, 5) is 19.9. The summed E-state index contributed by atoms with van der Waals surface area (Å²) in [7, 11) is 0. The van der Waals surface area contributed by atoms with E-state index in [0.717, 1.165) is 11.4 Å². The third-order valence-corrected chi connectivity index (χ3v) is 2.72. The number of Topliss-reactive ketones (excluding diaryl/α,β-unsaturated/α-hetero) is 1. The van der Waals surface area contributed by atoms with Crippen molar-refractivity contribution in [1.82, 2.24) is 9.97 Å². The van der Waals surface area contributed by atoms with Crippen molar-refractivity contribution < 1.29 is 9.53 Å². The highest BCUT2D eigenvalue weighted by molar-refractivity contribution is 5.80. The van der Waals surface area contributed by atoms with Crippen LogP contribution in [-0.2, 0) is 15.1 Å². The van der Waals surface area contributed by atoms with Crippen molar-refractivity contribution >= 4 is 5.78 Å². The Hall–Kier alpha value is -1.29. The van der Waals surface area contributed by atoms with Crippen LogP contribution in [-0.4, -0.2) is 22.4 Å². The monoisotopic (exact) mass is 206 g/mol. The molecule has 4 heteroatoms. The molecule has 0 spiro atoms. The maximum Gasteiger partial charge on any atom is 0.138 e. The molecule has 1 saturated heterocycles. The number of aryl methyl sites for hydroxylation is 1. The molecule has 0 saturated carbocycles. The molecular weight excluding hydrogens is 192 g/mol. The molecule has 0 radical (unpaired) electrons. The average molecular weight is 206 g/mol. The van der Waals surface area contributed by atoms with Crippen LogP contribution in [0.25, 0.3) is 0 Å². The number of carbonyl (C=O) groups excluding carboxylic acids is 1. The minimum absolute atomic E-state index is 0.230.